The van der Waals surface area contributed by atoms with Crippen LogP contribution in [0, 0.1) is 6.92 Å². The molecule has 0 aliphatic carbocycles. The summed E-state index contributed by atoms with van der Waals surface area (Å²) in [5, 5.41) is 0.231. The van der Waals surface area contributed by atoms with E-state index in [1.54, 1.807) is 49.4 Å². The maximum Gasteiger partial charge on any atom is 0.399 e. The molecule has 0 saturated carbocycles. The van der Waals surface area contributed by atoms with Gasteiger partial charge in [0, 0.05) is 0 Å². The van der Waals surface area contributed by atoms with E-state index in [1.807, 2.05) is 0 Å². The number of aryl methyl sites for hydroxylation is 1. The van der Waals surface area contributed by atoms with E-state index < -0.39 is 12.1 Å². The van der Waals surface area contributed by atoms with Crippen LogP contribution < -0.4 is 0 Å². The van der Waals surface area contributed by atoms with Crippen molar-refractivity contribution in [3.05, 3.63) is 110 Å². The first-order valence-electron chi connectivity index (χ1n) is 10.3. The maximum atomic E-state index is 13.7. The third kappa shape index (κ3) is 4.74. The number of nitrogens with zero attached hydrogens (tertiary/aromatic N) is 1. The molecule has 1 unspecified atom stereocenters. The van der Waals surface area contributed by atoms with Gasteiger partial charge in [-0.1, -0.05) is 71.8 Å². The summed E-state index contributed by atoms with van der Waals surface area (Å²) in [5.74, 6) is -2.59. The molecule has 0 N–H and O–H groups in total. The van der Waals surface area contributed by atoms with Gasteiger partial charge in [0.25, 0.3) is 11.8 Å². The third-order valence-corrected chi connectivity index (χ3v) is 6.45. The molecule has 8 heteroatoms. The molecule has 0 aromatic heterocycles. The monoisotopic (exact) mass is 503 g/mol. The lowest BCUT2D eigenvalue weighted by Gasteiger charge is -2.18. The number of hydrogen-bond acceptors (Lipinski definition) is 2. The molecular weight excluding hydrogens is 486 g/mol. The van der Waals surface area contributed by atoms with Crippen molar-refractivity contribution in [2.45, 2.75) is 25.6 Å². The van der Waals surface area contributed by atoms with Gasteiger partial charge in [-0.15, -0.1) is 0 Å². The van der Waals surface area contributed by atoms with Gasteiger partial charge >= 0.3 is 6.18 Å². The highest BCUT2D eigenvalue weighted by atomic mass is 35.5. The van der Waals surface area contributed by atoms with Crippen molar-refractivity contribution >= 4 is 41.1 Å². The predicted octanol–water partition coefficient (Wildman–Crippen LogP) is 7.46. The largest absolute Gasteiger partial charge is 0.399 e. The highest BCUT2D eigenvalue weighted by Gasteiger charge is 2.39. The fourth-order valence-corrected chi connectivity index (χ4v) is 4.18. The number of hydrogen-bond donors (Lipinski definition) is 0. The first-order chi connectivity index (χ1) is 16.1. The smallest absolute Gasteiger partial charge is 0.270 e. The number of fused-ring (bicyclic) bond motifs is 1. The zero-order valence-electron chi connectivity index (χ0n) is 17.9. The Balaban J connectivity index is 1.55. The molecule has 1 aliphatic heterocycles. The van der Waals surface area contributed by atoms with Crippen LogP contribution >= 0.6 is 23.2 Å². The number of imide groups is 1. The lowest BCUT2D eigenvalue weighted by atomic mass is 9.96. The van der Waals surface area contributed by atoms with Crippen LogP contribution in [0.3, 0.4) is 0 Å². The van der Waals surface area contributed by atoms with Gasteiger partial charge in [0.2, 0.25) is 0 Å². The Kier molecular flexibility index (Phi) is 6.56. The first-order valence-corrected chi connectivity index (χ1v) is 11.1. The van der Waals surface area contributed by atoms with E-state index in [9.17, 15) is 22.8 Å². The van der Waals surface area contributed by atoms with Gasteiger partial charge in [0.15, 0.2) is 0 Å². The summed E-state index contributed by atoms with van der Waals surface area (Å²) in [4.78, 5) is 26.4. The Morgan fingerprint density at radius 1 is 0.912 bits per heavy atom. The van der Waals surface area contributed by atoms with Crippen molar-refractivity contribution in [2.24, 2.45) is 0 Å². The SMILES string of the molecule is Cc1cc(/C=C/C(c2ccc(Cl)c(Cl)c2)C(F)(F)F)ccc1CN1C(=O)c2ccccc2C1=O. The summed E-state index contributed by atoms with van der Waals surface area (Å²) in [7, 11) is 0. The van der Waals surface area contributed by atoms with Crippen molar-refractivity contribution in [3.8, 4) is 0 Å². The van der Waals surface area contributed by atoms with E-state index in [4.69, 9.17) is 23.2 Å². The molecular formula is C26H18Cl2F3NO2. The van der Waals surface area contributed by atoms with Gasteiger partial charge in [0.05, 0.1) is 33.6 Å². The van der Waals surface area contributed by atoms with Crippen molar-refractivity contribution in [1.82, 2.24) is 4.90 Å². The predicted molar refractivity (Wildman–Crippen MR) is 126 cm³/mol. The van der Waals surface area contributed by atoms with Crippen molar-refractivity contribution in [2.75, 3.05) is 0 Å². The van der Waals surface area contributed by atoms with Crippen LogP contribution in [0.15, 0.2) is 66.7 Å². The molecule has 34 heavy (non-hydrogen) atoms. The molecule has 0 fully saturated rings. The van der Waals surface area contributed by atoms with E-state index in [-0.39, 0.29) is 34.0 Å². The number of carbonyl (C=O) groups is 2. The highest BCUT2D eigenvalue weighted by molar-refractivity contribution is 6.42. The lowest BCUT2D eigenvalue weighted by Crippen LogP contribution is -2.29. The minimum absolute atomic E-state index is 0.0166. The number of rotatable bonds is 5. The molecule has 2 amide bonds. The van der Waals surface area contributed by atoms with Gasteiger partial charge in [0.1, 0.15) is 0 Å². The zero-order chi connectivity index (χ0) is 24.6. The number of allylic oxidation sites excluding steroid dienone is 1. The zero-order valence-corrected chi connectivity index (χ0v) is 19.4. The van der Waals surface area contributed by atoms with Crippen LogP contribution in [0.1, 0.15) is 48.9 Å². The second-order valence-electron chi connectivity index (χ2n) is 7.98. The van der Waals surface area contributed by atoms with Gasteiger partial charge in [-0.2, -0.15) is 13.2 Å². The van der Waals surface area contributed by atoms with Crippen LogP contribution in [0.25, 0.3) is 6.08 Å². The standard InChI is InChI=1S/C26H18Cl2F3NO2/c1-15-12-16(7-10-21(26(29,30)31)17-9-11-22(27)23(28)13-17)6-8-18(15)14-32-24(33)19-4-2-3-5-20(19)25(32)34/h2-13,21H,14H2,1H3/b10-7+. The lowest BCUT2D eigenvalue weighted by molar-refractivity contribution is -0.139. The molecule has 0 radical (unpaired) electrons. The number of benzene rings is 3. The summed E-state index contributed by atoms with van der Waals surface area (Å²) in [6.45, 7) is 1.86. The first kappa shape index (κ1) is 24.0. The number of halogens is 5. The third-order valence-electron chi connectivity index (χ3n) is 5.71. The molecule has 0 bridgehead atoms. The molecule has 1 atom stereocenters. The van der Waals surface area contributed by atoms with E-state index in [2.05, 4.69) is 0 Å². The molecule has 3 aromatic rings. The Labute approximate surface area is 204 Å². The average Bonchev–Trinajstić information content (AvgIpc) is 3.02. The van der Waals surface area contributed by atoms with Gasteiger partial charge in [-0.25, -0.2) is 0 Å². The highest BCUT2D eigenvalue weighted by Crippen LogP contribution is 2.38. The van der Waals surface area contributed by atoms with Crippen LogP contribution in [-0.2, 0) is 6.54 Å². The van der Waals surface area contributed by atoms with Crippen LogP contribution in [0.2, 0.25) is 10.0 Å². The van der Waals surface area contributed by atoms with Gasteiger partial charge in [-0.3, -0.25) is 14.5 Å². The number of amides is 2. The summed E-state index contributed by atoms with van der Waals surface area (Å²) < 4.78 is 41.1. The quantitative estimate of drug-likeness (QED) is 0.339. The molecule has 4 rings (SSSR count). The molecule has 3 nitrogen and oxygen atoms in total. The Morgan fingerprint density at radius 2 is 1.56 bits per heavy atom. The number of alkyl halides is 3. The topological polar surface area (TPSA) is 37.4 Å². The van der Waals surface area contributed by atoms with E-state index in [1.165, 1.54) is 29.2 Å². The molecule has 1 heterocycles. The fourth-order valence-electron chi connectivity index (χ4n) is 3.88. The Hall–Kier alpha value is -3.09. The Bertz CT molecular complexity index is 1280. The molecule has 174 valence electrons. The van der Waals surface area contributed by atoms with Crippen molar-refractivity contribution < 1.29 is 22.8 Å². The average molecular weight is 504 g/mol. The fraction of sp³-hybridized carbons (Fsp3) is 0.154. The minimum atomic E-state index is -4.52. The molecule has 1 aliphatic rings. The van der Waals surface area contributed by atoms with E-state index >= 15 is 0 Å². The summed E-state index contributed by atoms with van der Waals surface area (Å²) in [5.41, 5.74) is 2.74. The maximum absolute atomic E-state index is 13.7. The molecule has 0 spiro atoms. The minimum Gasteiger partial charge on any atom is -0.270 e. The molecule has 0 saturated heterocycles. The second-order valence-corrected chi connectivity index (χ2v) is 8.79. The van der Waals surface area contributed by atoms with Gasteiger partial charge in [-0.05, 0) is 53.4 Å². The Morgan fingerprint density at radius 3 is 2.12 bits per heavy atom. The number of carbonyl (C=O) groups excluding carboxylic acids is 2. The summed E-state index contributed by atoms with van der Waals surface area (Å²) in [6, 6.07) is 15.5. The second kappa shape index (κ2) is 9.28. The van der Waals surface area contributed by atoms with Crippen molar-refractivity contribution in [1.29, 1.82) is 0 Å². The normalized spacial score (nSPS) is 14.7. The molecule has 3 aromatic carbocycles. The summed E-state index contributed by atoms with van der Waals surface area (Å²) >= 11 is 11.7. The van der Waals surface area contributed by atoms with Crippen molar-refractivity contribution in [3.63, 3.8) is 0 Å². The van der Waals surface area contributed by atoms with E-state index in [0.29, 0.717) is 16.7 Å². The van der Waals surface area contributed by atoms with Gasteiger partial charge < -0.3 is 0 Å². The van der Waals surface area contributed by atoms with Crippen LogP contribution in [0.5, 0.6) is 0 Å². The summed E-state index contributed by atoms with van der Waals surface area (Å²) in [6.07, 6.45) is -2.06. The van der Waals surface area contributed by atoms with E-state index in [0.717, 1.165) is 17.2 Å². The van der Waals surface area contributed by atoms with Crippen LogP contribution in [-0.4, -0.2) is 22.9 Å². The van der Waals surface area contributed by atoms with Crippen LogP contribution in [0.4, 0.5) is 13.2 Å².